The summed E-state index contributed by atoms with van der Waals surface area (Å²) in [6.45, 7) is 0.362. The van der Waals surface area contributed by atoms with Crippen LogP contribution in [0.3, 0.4) is 0 Å². The highest BCUT2D eigenvalue weighted by atomic mass is 16.5. The molecule has 3 heterocycles. The van der Waals surface area contributed by atoms with E-state index in [0.29, 0.717) is 18.2 Å². The number of aryl methyl sites for hydroxylation is 1. The van der Waals surface area contributed by atoms with E-state index < -0.39 is 0 Å². The van der Waals surface area contributed by atoms with Crippen LogP contribution in [0.1, 0.15) is 5.69 Å². The number of imidazole rings is 1. The van der Waals surface area contributed by atoms with Gasteiger partial charge in [-0.05, 0) is 12.1 Å². The lowest BCUT2D eigenvalue weighted by atomic mass is 10.4. The third-order valence-corrected chi connectivity index (χ3v) is 2.68. The van der Waals surface area contributed by atoms with Gasteiger partial charge < -0.3 is 10.5 Å². The molecule has 0 amide bonds. The highest BCUT2D eigenvalue weighted by Crippen LogP contribution is 2.24. The number of hydrogen-bond acceptors (Lipinski definition) is 4. The number of fused-ring (bicyclic) bond motifs is 1. The molecule has 6 nitrogen and oxygen atoms in total. The first-order valence-electron chi connectivity index (χ1n) is 5.60. The first-order chi connectivity index (χ1) is 8.78. The lowest BCUT2D eigenvalue weighted by molar-refractivity contribution is 0.459. The summed E-state index contributed by atoms with van der Waals surface area (Å²) in [5.41, 5.74) is 7.42. The minimum absolute atomic E-state index is 0.362. The van der Waals surface area contributed by atoms with Crippen molar-refractivity contribution >= 4 is 5.65 Å². The number of rotatable bonds is 3. The molecule has 0 unspecified atom stereocenters. The first-order valence-corrected chi connectivity index (χ1v) is 5.60. The van der Waals surface area contributed by atoms with Crippen molar-refractivity contribution in [2.45, 2.75) is 6.54 Å². The summed E-state index contributed by atoms with van der Waals surface area (Å²) in [5.74, 6) is 1.17. The van der Waals surface area contributed by atoms with E-state index in [4.69, 9.17) is 10.5 Å². The van der Waals surface area contributed by atoms with E-state index in [1.807, 2.05) is 35.8 Å². The number of hydrogen-bond donors (Lipinski definition) is 1. The lowest BCUT2D eigenvalue weighted by Crippen LogP contribution is -2.02. The summed E-state index contributed by atoms with van der Waals surface area (Å²) in [6, 6.07) is 5.77. The van der Waals surface area contributed by atoms with Crippen molar-refractivity contribution in [1.29, 1.82) is 0 Å². The summed E-state index contributed by atoms with van der Waals surface area (Å²) < 4.78 is 9.31. The molecule has 3 rings (SSSR count). The second-order valence-corrected chi connectivity index (χ2v) is 3.95. The number of pyridine rings is 1. The van der Waals surface area contributed by atoms with Crippen LogP contribution in [0.15, 0.2) is 36.8 Å². The largest absolute Gasteiger partial charge is 0.434 e. The van der Waals surface area contributed by atoms with Gasteiger partial charge in [-0.3, -0.25) is 9.08 Å². The molecule has 0 fully saturated rings. The highest BCUT2D eigenvalue weighted by molar-refractivity contribution is 5.46. The summed E-state index contributed by atoms with van der Waals surface area (Å²) >= 11 is 0. The maximum absolute atomic E-state index is 5.76. The third kappa shape index (κ3) is 1.72. The molecule has 0 saturated carbocycles. The fourth-order valence-corrected chi connectivity index (χ4v) is 1.86. The van der Waals surface area contributed by atoms with Crippen LogP contribution in [0.25, 0.3) is 5.65 Å². The van der Waals surface area contributed by atoms with Crippen LogP contribution in [-0.4, -0.2) is 19.2 Å². The molecule has 0 spiro atoms. The standard InChI is InChI=1S/C12H13N5O/c1-16-8-9(7-14-16)18-12-10(6-13)17-5-3-2-4-11(17)15-12/h2-5,7-8H,6,13H2,1H3. The molecule has 0 atom stereocenters. The van der Waals surface area contributed by atoms with E-state index in [9.17, 15) is 0 Å². The topological polar surface area (TPSA) is 70.4 Å². The molecule has 0 aliphatic rings. The fourth-order valence-electron chi connectivity index (χ4n) is 1.86. The van der Waals surface area contributed by atoms with Gasteiger partial charge in [-0.25, -0.2) is 0 Å². The predicted octanol–water partition coefficient (Wildman–Crippen LogP) is 1.32. The van der Waals surface area contributed by atoms with Crippen molar-refractivity contribution in [2.75, 3.05) is 0 Å². The van der Waals surface area contributed by atoms with Gasteiger partial charge in [0.1, 0.15) is 11.3 Å². The average Bonchev–Trinajstić information content (AvgIpc) is 2.92. The molecule has 0 saturated heterocycles. The van der Waals surface area contributed by atoms with Gasteiger partial charge in [0, 0.05) is 19.8 Å². The Morgan fingerprint density at radius 2 is 2.28 bits per heavy atom. The summed E-state index contributed by atoms with van der Waals surface area (Å²) in [7, 11) is 1.83. The Kier molecular flexibility index (Phi) is 2.49. The summed E-state index contributed by atoms with van der Waals surface area (Å²) in [4.78, 5) is 4.41. The van der Waals surface area contributed by atoms with Crippen LogP contribution < -0.4 is 10.5 Å². The molecular formula is C12H13N5O. The van der Waals surface area contributed by atoms with E-state index in [0.717, 1.165) is 11.3 Å². The zero-order valence-electron chi connectivity index (χ0n) is 9.95. The van der Waals surface area contributed by atoms with Gasteiger partial charge in [0.15, 0.2) is 5.75 Å². The van der Waals surface area contributed by atoms with Crippen molar-refractivity contribution in [1.82, 2.24) is 19.2 Å². The second kappa shape index (κ2) is 4.15. The quantitative estimate of drug-likeness (QED) is 0.753. The van der Waals surface area contributed by atoms with Crippen LogP contribution >= 0.6 is 0 Å². The summed E-state index contributed by atoms with van der Waals surface area (Å²) in [5, 5.41) is 4.05. The minimum atomic E-state index is 0.362. The van der Waals surface area contributed by atoms with Gasteiger partial charge in [0.25, 0.3) is 0 Å². The van der Waals surface area contributed by atoms with E-state index >= 15 is 0 Å². The summed E-state index contributed by atoms with van der Waals surface area (Å²) in [6.07, 6.45) is 5.34. The molecule has 18 heavy (non-hydrogen) atoms. The Labute approximate surface area is 104 Å². The van der Waals surface area contributed by atoms with Crippen LogP contribution in [0.4, 0.5) is 0 Å². The lowest BCUT2D eigenvalue weighted by Gasteiger charge is -2.01. The van der Waals surface area contributed by atoms with Crippen LogP contribution in [0, 0.1) is 0 Å². The van der Waals surface area contributed by atoms with Crippen LogP contribution in [-0.2, 0) is 13.6 Å². The van der Waals surface area contributed by atoms with Gasteiger partial charge in [-0.1, -0.05) is 6.07 Å². The Hall–Kier alpha value is -2.34. The molecule has 3 aromatic heterocycles. The Bertz CT molecular complexity index is 685. The SMILES string of the molecule is Cn1cc(Oc2nc3ccccn3c2CN)cn1. The maximum atomic E-state index is 5.76. The first kappa shape index (κ1) is 10.8. The molecule has 0 radical (unpaired) electrons. The molecule has 0 bridgehead atoms. The van der Waals surface area contributed by atoms with Crippen molar-refractivity contribution in [3.8, 4) is 11.6 Å². The third-order valence-electron chi connectivity index (χ3n) is 2.68. The molecule has 92 valence electrons. The van der Waals surface area contributed by atoms with E-state index in [-0.39, 0.29) is 0 Å². The maximum Gasteiger partial charge on any atom is 0.242 e. The smallest absolute Gasteiger partial charge is 0.242 e. The Morgan fingerprint density at radius 3 is 3.00 bits per heavy atom. The zero-order chi connectivity index (χ0) is 12.5. The second-order valence-electron chi connectivity index (χ2n) is 3.95. The number of ether oxygens (including phenoxy) is 1. The molecule has 6 heteroatoms. The minimum Gasteiger partial charge on any atom is -0.434 e. The predicted molar refractivity (Wildman–Crippen MR) is 66.4 cm³/mol. The average molecular weight is 243 g/mol. The molecule has 2 N–H and O–H groups in total. The van der Waals surface area contributed by atoms with Crippen molar-refractivity contribution < 1.29 is 4.74 Å². The van der Waals surface area contributed by atoms with E-state index in [1.54, 1.807) is 17.1 Å². The van der Waals surface area contributed by atoms with Crippen LogP contribution in [0.5, 0.6) is 11.6 Å². The Balaban J connectivity index is 2.05. The number of aromatic nitrogens is 4. The fraction of sp³-hybridized carbons (Fsp3) is 0.167. The molecule has 0 aromatic carbocycles. The van der Waals surface area contributed by atoms with E-state index in [1.165, 1.54) is 0 Å². The van der Waals surface area contributed by atoms with Gasteiger partial charge in [-0.15, -0.1) is 0 Å². The van der Waals surface area contributed by atoms with Crippen LogP contribution in [0.2, 0.25) is 0 Å². The molecule has 0 aliphatic carbocycles. The molecule has 0 aliphatic heterocycles. The number of nitrogens with two attached hydrogens (primary N) is 1. The molecular weight excluding hydrogens is 230 g/mol. The Morgan fingerprint density at radius 1 is 1.39 bits per heavy atom. The molecule has 3 aromatic rings. The van der Waals surface area contributed by atoms with Crippen molar-refractivity contribution in [3.05, 3.63) is 42.5 Å². The van der Waals surface area contributed by atoms with Gasteiger partial charge in [-0.2, -0.15) is 10.1 Å². The van der Waals surface area contributed by atoms with Gasteiger partial charge >= 0.3 is 0 Å². The van der Waals surface area contributed by atoms with Crippen molar-refractivity contribution in [3.63, 3.8) is 0 Å². The van der Waals surface area contributed by atoms with Crippen molar-refractivity contribution in [2.24, 2.45) is 12.8 Å². The monoisotopic (exact) mass is 243 g/mol. The normalized spacial score (nSPS) is 11.0. The highest BCUT2D eigenvalue weighted by Gasteiger charge is 2.13. The van der Waals surface area contributed by atoms with E-state index in [2.05, 4.69) is 10.1 Å². The number of nitrogens with zero attached hydrogens (tertiary/aromatic N) is 4. The zero-order valence-corrected chi connectivity index (χ0v) is 9.95. The van der Waals surface area contributed by atoms with Gasteiger partial charge in [0.05, 0.1) is 12.4 Å². The van der Waals surface area contributed by atoms with Gasteiger partial charge in [0.2, 0.25) is 5.88 Å².